The van der Waals surface area contributed by atoms with Crippen molar-refractivity contribution in [1.82, 2.24) is 0 Å². The van der Waals surface area contributed by atoms with Gasteiger partial charge in [0.2, 0.25) is 0 Å². The molecule has 5 heteroatoms. The summed E-state index contributed by atoms with van der Waals surface area (Å²) >= 11 is 10.4. The Morgan fingerprint density at radius 2 is 1.08 bits per heavy atom. The average molecular weight is 254 g/mol. The van der Waals surface area contributed by atoms with Crippen LogP contribution in [0.25, 0.3) is 0 Å². The molecule has 67 valence electrons. The Morgan fingerprint density at radius 3 is 1.23 bits per heavy atom. The molecular weight excluding hydrogens is 250 g/mol. The minimum atomic E-state index is -0.552. The standard InChI is InChI=1S/C8H4Cl2O2.V/c9-7(11)5-1-2-6(4-3-5)8(10)12;/h1-4H;. The molecule has 0 heterocycles. The van der Waals surface area contributed by atoms with E-state index in [4.69, 9.17) is 23.2 Å². The van der Waals surface area contributed by atoms with Crippen molar-refractivity contribution in [3.63, 3.8) is 0 Å². The maximum atomic E-state index is 10.6. The number of benzene rings is 1. The van der Waals surface area contributed by atoms with Crippen molar-refractivity contribution in [3.05, 3.63) is 35.4 Å². The van der Waals surface area contributed by atoms with Crippen LogP contribution in [-0.2, 0) is 18.6 Å². The number of hydrogen-bond donors (Lipinski definition) is 0. The summed E-state index contributed by atoms with van der Waals surface area (Å²) in [7, 11) is 0. The van der Waals surface area contributed by atoms with E-state index in [-0.39, 0.29) is 18.6 Å². The Morgan fingerprint density at radius 1 is 0.846 bits per heavy atom. The fourth-order valence-corrected chi connectivity index (χ4v) is 0.984. The molecule has 1 aromatic rings. The number of hydrogen-bond acceptors (Lipinski definition) is 2. The first-order valence-corrected chi connectivity index (χ1v) is 3.86. The zero-order valence-corrected chi connectivity index (χ0v) is 9.24. The first-order valence-electron chi connectivity index (χ1n) is 3.11. The molecule has 13 heavy (non-hydrogen) atoms. The molecule has 1 radical (unpaired) electrons. The molecule has 0 bridgehead atoms. The predicted octanol–water partition coefficient (Wildman–Crippen LogP) is 2.44. The third kappa shape index (κ3) is 3.53. The molecule has 0 unspecified atom stereocenters. The molecule has 0 saturated carbocycles. The van der Waals surface area contributed by atoms with Crippen LogP contribution in [0.1, 0.15) is 20.7 Å². The second-order valence-electron chi connectivity index (χ2n) is 2.12. The van der Waals surface area contributed by atoms with Gasteiger partial charge in [-0.2, -0.15) is 0 Å². The van der Waals surface area contributed by atoms with Gasteiger partial charge in [-0.1, -0.05) is 0 Å². The van der Waals surface area contributed by atoms with Gasteiger partial charge in [0.05, 0.1) is 0 Å². The molecule has 1 rings (SSSR count). The van der Waals surface area contributed by atoms with E-state index in [1.54, 1.807) is 0 Å². The largest absolute Gasteiger partial charge is 0.276 e. The van der Waals surface area contributed by atoms with Crippen molar-refractivity contribution >= 4 is 33.7 Å². The third-order valence-electron chi connectivity index (χ3n) is 1.34. The van der Waals surface area contributed by atoms with Gasteiger partial charge in [0, 0.05) is 29.7 Å². The summed E-state index contributed by atoms with van der Waals surface area (Å²) in [6.07, 6.45) is 0. The second kappa shape index (κ2) is 5.45. The molecule has 1 aromatic carbocycles. The van der Waals surface area contributed by atoms with Gasteiger partial charge in [-0.25, -0.2) is 0 Å². The molecule has 0 aromatic heterocycles. The van der Waals surface area contributed by atoms with Crippen molar-refractivity contribution in [2.45, 2.75) is 0 Å². The Hall–Kier alpha value is -0.276. The van der Waals surface area contributed by atoms with E-state index in [9.17, 15) is 9.59 Å². The minimum absolute atomic E-state index is 0. The Balaban J connectivity index is 0.00000144. The summed E-state index contributed by atoms with van der Waals surface area (Å²) in [4.78, 5) is 21.1. The summed E-state index contributed by atoms with van der Waals surface area (Å²) in [6.45, 7) is 0. The van der Waals surface area contributed by atoms with Gasteiger partial charge in [0.25, 0.3) is 10.5 Å². The Bertz CT molecular complexity index is 288. The van der Waals surface area contributed by atoms with Crippen LogP contribution < -0.4 is 0 Å². The van der Waals surface area contributed by atoms with Crippen molar-refractivity contribution in [3.8, 4) is 0 Å². The predicted molar refractivity (Wildman–Crippen MR) is 46.8 cm³/mol. The quantitative estimate of drug-likeness (QED) is 0.759. The van der Waals surface area contributed by atoms with E-state index >= 15 is 0 Å². The first kappa shape index (κ1) is 12.7. The molecule has 0 aliphatic rings. The van der Waals surface area contributed by atoms with Crippen LogP contribution in [-0.4, -0.2) is 10.5 Å². The average Bonchev–Trinajstić information content (AvgIpc) is 2.04. The van der Waals surface area contributed by atoms with Gasteiger partial charge in [-0.15, -0.1) is 0 Å². The van der Waals surface area contributed by atoms with E-state index in [0.717, 1.165) is 0 Å². The number of carbonyl (C=O) groups excluding carboxylic acids is 2. The van der Waals surface area contributed by atoms with Crippen molar-refractivity contribution in [2.24, 2.45) is 0 Å². The number of rotatable bonds is 2. The van der Waals surface area contributed by atoms with Gasteiger partial charge in [-0.3, -0.25) is 9.59 Å². The second-order valence-corrected chi connectivity index (χ2v) is 2.81. The molecule has 0 amide bonds. The van der Waals surface area contributed by atoms with Crippen LogP contribution in [0.3, 0.4) is 0 Å². The molecule has 0 saturated heterocycles. The van der Waals surface area contributed by atoms with Crippen LogP contribution in [0.5, 0.6) is 0 Å². The summed E-state index contributed by atoms with van der Waals surface area (Å²) in [5.74, 6) is 0. The summed E-state index contributed by atoms with van der Waals surface area (Å²) in [5.41, 5.74) is 0.691. The summed E-state index contributed by atoms with van der Waals surface area (Å²) in [5, 5.41) is -1.10. The van der Waals surface area contributed by atoms with Crippen molar-refractivity contribution < 1.29 is 28.1 Å². The van der Waals surface area contributed by atoms with E-state index in [1.165, 1.54) is 24.3 Å². The molecule has 0 aliphatic carbocycles. The molecular formula is C8H4Cl2O2V. The Kier molecular flexibility index (Phi) is 5.34. The van der Waals surface area contributed by atoms with Gasteiger partial charge in [0.1, 0.15) is 0 Å². The molecule has 0 atom stereocenters. The SMILES string of the molecule is O=C(Cl)c1ccc(C(=O)Cl)cc1.[V]. The third-order valence-corrected chi connectivity index (χ3v) is 1.78. The Labute approximate surface area is 97.1 Å². The van der Waals surface area contributed by atoms with E-state index < -0.39 is 10.5 Å². The van der Waals surface area contributed by atoms with Gasteiger partial charge in [-0.05, 0) is 47.5 Å². The normalized spacial score (nSPS) is 8.77. The van der Waals surface area contributed by atoms with Crippen LogP contribution >= 0.6 is 23.2 Å². The topological polar surface area (TPSA) is 34.1 Å². The fourth-order valence-electron chi connectivity index (χ4n) is 0.732. The van der Waals surface area contributed by atoms with Crippen LogP contribution in [0.2, 0.25) is 0 Å². The zero-order valence-electron chi connectivity index (χ0n) is 6.33. The smallest absolute Gasteiger partial charge is 0.252 e. The maximum Gasteiger partial charge on any atom is 0.252 e. The number of carbonyl (C=O) groups is 2. The van der Waals surface area contributed by atoms with E-state index in [0.29, 0.717) is 11.1 Å². The summed E-state index contributed by atoms with van der Waals surface area (Å²) in [6, 6.07) is 5.80. The van der Waals surface area contributed by atoms with Crippen LogP contribution in [0.15, 0.2) is 24.3 Å². The van der Waals surface area contributed by atoms with E-state index in [1.807, 2.05) is 0 Å². The van der Waals surface area contributed by atoms with Crippen LogP contribution in [0.4, 0.5) is 0 Å². The summed E-state index contributed by atoms with van der Waals surface area (Å²) < 4.78 is 0. The van der Waals surface area contributed by atoms with Gasteiger partial charge < -0.3 is 0 Å². The molecule has 0 spiro atoms. The van der Waals surface area contributed by atoms with Gasteiger partial charge in [0.15, 0.2) is 0 Å². The van der Waals surface area contributed by atoms with Crippen LogP contribution in [0, 0.1) is 0 Å². The molecule has 0 fully saturated rings. The minimum Gasteiger partial charge on any atom is -0.276 e. The van der Waals surface area contributed by atoms with Gasteiger partial charge >= 0.3 is 0 Å². The molecule has 0 N–H and O–H groups in total. The maximum absolute atomic E-state index is 10.6. The fraction of sp³-hybridized carbons (Fsp3) is 0. The first-order chi connectivity index (χ1) is 5.61. The van der Waals surface area contributed by atoms with Crippen molar-refractivity contribution in [1.29, 1.82) is 0 Å². The molecule has 2 nitrogen and oxygen atoms in total. The monoisotopic (exact) mass is 253 g/mol. The molecule has 0 aliphatic heterocycles. The zero-order chi connectivity index (χ0) is 9.14. The van der Waals surface area contributed by atoms with Crippen molar-refractivity contribution in [2.75, 3.05) is 0 Å². The number of halogens is 2. The van der Waals surface area contributed by atoms with E-state index in [2.05, 4.69) is 0 Å².